The molecule has 3 aromatic rings. The van der Waals surface area contributed by atoms with Crippen molar-refractivity contribution in [1.82, 2.24) is 15.6 Å². The Balaban J connectivity index is 1.72. The van der Waals surface area contributed by atoms with Crippen LogP contribution in [-0.4, -0.2) is 26.7 Å². The van der Waals surface area contributed by atoms with Gasteiger partial charge in [0, 0.05) is 23.8 Å². The van der Waals surface area contributed by atoms with Gasteiger partial charge in [-0.15, -0.1) is 0 Å². The molecule has 0 unspecified atom stereocenters. The third-order valence-corrected chi connectivity index (χ3v) is 3.62. The first-order valence-corrected chi connectivity index (χ1v) is 7.65. The van der Waals surface area contributed by atoms with Crippen molar-refractivity contribution in [3.05, 3.63) is 69.6 Å². The molecule has 9 heteroatoms. The molecule has 0 aliphatic rings. The van der Waals surface area contributed by atoms with Crippen LogP contribution in [0.3, 0.4) is 0 Å². The molecule has 0 bridgehead atoms. The highest BCUT2D eigenvalue weighted by molar-refractivity contribution is 6.01. The summed E-state index contributed by atoms with van der Waals surface area (Å²) in [5.74, 6) is 0.809. The second-order valence-electron chi connectivity index (χ2n) is 5.52. The van der Waals surface area contributed by atoms with Gasteiger partial charge in [-0.25, -0.2) is 5.43 Å². The van der Waals surface area contributed by atoms with Gasteiger partial charge in [0.25, 0.3) is 11.6 Å². The third-order valence-electron chi connectivity index (χ3n) is 3.62. The number of carbonyl (C=O) groups excluding carboxylic acids is 1. The van der Waals surface area contributed by atoms with Gasteiger partial charge in [0.15, 0.2) is 11.5 Å². The Morgan fingerprint density at radius 2 is 2.12 bits per heavy atom. The Kier molecular flexibility index (Phi) is 4.61. The van der Waals surface area contributed by atoms with E-state index < -0.39 is 10.8 Å². The molecule has 0 aliphatic carbocycles. The molecule has 0 spiro atoms. The number of hydrazone groups is 1. The number of benzene rings is 1. The van der Waals surface area contributed by atoms with E-state index in [0.29, 0.717) is 22.7 Å². The fourth-order valence-electron chi connectivity index (χ4n) is 2.24. The zero-order valence-electron chi connectivity index (χ0n) is 14.0. The van der Waals surface area contributed by atoms with Gasteiger partial charge in [0.2, 0.25) is 0 Å². The molecule has 2 aromatic heterocycles. The summed E-state index contributed by atoms with van der Waals surface area (Å²) in [4.78, 5) is 22.5. The molecule has 2 heterocycles. The minimum atomic E-state index is -0.513. The van der Waals surface area contributed by atoms with E-state index in [2.05, 4.69) is 20.7 Å². The molecule has 1 aromatic carbocycles. The van der Waals surface area contributed by atoms with Crippen LogP contribution in [-0.2, 0) is 0 Å². The molecule has 0 fully saturated rings. The molecular formula is C17H15N5O4. The van der Waals surface area contributed by atoms with Crippen LogP contribution in [0.1, 0.15) is 28.7 Å². The summed E-state index contributed by atoms with van der Waals surface area (Å²) in [6.07, 6.45) is 0. The Morgan fingerprint density at radius 3 is 2.81 bits per heavy atom. The molecule has 3 rings (SSSR count). The minimum absolute atomic E-state index is 0.0472. The van der Waals surface area contributed by atoms with Gasteiger partial charge in [-0.1, -0.05) is 12.1 Å². The average molecular weight is 353 g/mol. The molecule has 1 amide bonds. The van der Waals surface area contributed by atoms with Gasteiger partial charge in [0.05, 0.1) is 10.6 Å². The minimum Gasteiger partial charge on any atom is -0.460 e. The molecule has 132 valence electrons. The van der Waals surface area contributed by atoms with Crippen LogP contribution in [0, 0.1) is 17.0 Å². The van der Waals surface area contributed by atoms with Gasteiger partial charge in [-0.3, -0.25) is 20.0 Å². The lowest BCUT2D eigenvalue weighted by atomic mass is 10.1. The number of carbonyl (C=O) groups is 1. The van der Waals surface area contributed by atoms with Crippen molar-refractivity contribution in [2.24, 2.45) is 5.10 Å². The van der Waals surface area contributed by atoms with E-state index in [4.69, 9.17) is 4.42 Å². The number of nitro benzene ring substituents is 1. The predicted molar refractivity (Wildman–Crippen MR) is 93.8 cm³/mol. The lowest BCUT2D eigenvalue weighted by Crippen LogP contribution is -2.19. The van der Waals surface area contributed by atoms with Gasteiger partial charge < -0.3 is 4.42 Å². The Hall–Kier alpha value is -3.75. The highest BCUT2D eigenvalue weighted by Gasteiger charge is 2.13. The monoisotopic (exact) mass is 353 g/mol. The van der Waals surface area contributed by atoms with E-state index in [1.54, 1.807) is 31.2 Å². The van der Waals surface area contributed by atoms with Crippen molar-refractivity contribution in [2.75, 3.05) is 0 Å². The lowest BCUT2D eigenvalue weighted by molar-refractivity contribution is -0.384. The zero-order chi connectivity index (χ0) is 18.7. The zero-order valence-corrected chi connectivity index (χ0v) is 14.0. The Labute approximate surface area is 147 Å². The van der Waals surface area contributed by atoms with Gasteiger partial charge >= 0.3 is 0 Å². The number of aromatic amines is 1. The van der Waals surface area contributed by atoms with E-state index in [1.807, 2.05) is 13.0 Å². The van der Waals surface area contributed by atoms with Crippen LogP contribution in [0.25, 0.3) is 11.5 Å². The number of furan rings is 1. The number of nitro groups is 1. The van der Waals surface area contributed by atoms with Crippen LogP contribution in [0.2, 0.25) is 0 Å². The predicted octanol–water partition coefficient (Wildman–Crippen LogP) is 3.04. The molecule has 2 N–H and O–H groups in total. The maximum absolute atomic E-state index is 12.2. The molecule has 0 radical (unpaired) electrons. The normalized spacial score (nSPS) is 11.4. The number of nitrogens with one attached hydrogen (secondary N) is 2. The summed E-state index contributed by atoms with van der Waals surface area (Å²) in [6.45, 7) is 3.46. The molecule has 9 nitrogen and oxygen atoms in total. The quantitative estimate of drug-likeness (QED) is 0.414. The molecule has 26 heavy (non-hydrogen) atoms. The lowest BCUT2D eigenvalue weighted by Gasteiger charge is -2.01. The number of nitrogens with zero attached hydrogens (tertiary/aromatic N) is 3. The summed E-state index contributed by atoms with van der Waals surface area (Å²) in [7, 11) is 0. The number of aryl methyl sites for hydroxylation is 1. The molecule has 0 saturated carbocycles. The average Bonchev–Trinajstić information content (AvgIpc) is 3.28. The van der Waals surface area contributed by atoms with Crippen LogP contribution in [0.4, 0.5) is 5.69 Å². The summed E-state index contributed by atoms with van der Waals surface area (Å²) in [6, 6.07) is 11.1. The number of hydrogen-bond donors (Lipinski definition) is 2. The first kappa shape index (κ1) is 17.1. The van der Waals surface area contributed by atoms with Crippen molar-refractivity contribution in [3.63, 3.8) is 0 Å². The summed E-state index contributed by atoms with van der Waals surface area (Å²) >= 11 is 0. The Bertz CT molecular complexity index is 1000. The summed E-state index contributed by atoms with van der Waals surface area (Å²) in [5.41, 5.74) is 4.02. The first-order chi connectivity index (χ1) is 12.4. The fourth-order valence-corrected chi connectivity index (χ4v) is 2.24. The van der Waals surface area contributed by atoms with Crippen LogP contribution in [0.15, 0.2) is 52.0 Å². The number of aromatic nitrogens is 2. The van der Waals surface area contributed by atoms with Crippen molar-refractivity contribution in [1.29, 1.82) is 0 Å². The van der Waals surface area contributed by atoms with Crippen LogP contribution in [0.5, 0.6) is 0 Å². The number of amides is 1. The highest BCUT2D eigenvalue weighted by Crippen LogP contribution is 2.20. The van der Waals surface area contributed by atoms with Crippen molar-refractivity contribution >= 4 is 17.3 Å². The maximum atomic E-state index is 12.2. The molecule has 0 aliphatic heterocycles. The van der Waals surface area contributed by atoms with Gasteiger partial charge in [-0.05, 0) is 26.0 Å². The highest BCUT2D eigenvalue weighted by atomic mass is 16.6. The van der Waals surface area contributed by atoms with Crippen molar-refractivity contribution in [2.45, 2.75) is 13.8 Å². The van der Waals surface area contributed by atoms with Gasteiger partial charge in [0.1, 0.15) is 11.5 Å². The largest absolute Gasteiger partial charge is 0.460 e. The van der Waals surface area contributed by atoms with E-state index in [-0.39, 0.29) is 11.4 Å². The van der Waals surface area contributed by atoms with Crippen molar-refractivity contribution < 1.29 is 14.1 Å². The SMILES string of the molecule is CC(=NNC(=O)c1cc(-c2ccc(C)o2)[nH]n1)c1cccc([N+](=O)[O-])c1. The smallest absolute Gasteiger partial charge is 0.291 e. The number of non-ortho nitro benzene ring substituents is 1. The van der Waals surface area contributed by atoms with E-state index in [1.165, 1.54) is 12.1 Å². The number of H-pyrrole nitrogens is 1. The second kappa shape index (κ2) is 7.01. The molecular weight excluding hydrogens is 338 g/mol. The third kappa shape index (κ3) is 3.66. The van der Waals surface area contributed by atoms with Gasteiger partial charge in [-0.2, -0.15) is 10.2 Å². The topological polar surface area (TPSA) is 126 Å². The van der Waals surface area contributed by atoms with E-state index in [9.17, 15) is 14.9 Å². The standard InChI is InChI=1S/C17H15N5O4/c1-10-6-7-16(26-10)14-9-15(20-19-14)17(23)21-18-11(2)12-4-3-5-13(8-12)22(24)25/h3-9H,1-2H3,(H,19,20)(H,21,23). The molecule has 0 saturated heterocycles. The maximum Gasteiger partial charge on any atom is 0.291 e. The van der Waals surface area contributed by atoms with E-state index >= 15 is 0 Å². The first-order valence-electron chi connectivity index (χ1n) is 7.65. The van der Waals surface area contributed by atoms with Crippen LogP contribution < -0.4 is 5.43 Å². The summed E-state index contributed by atoms with van der Waals surface area (Å²) in [5, 5.41) is 21.5. The molecule has 0 atom stereocenters. The summed E-state index contributed by atoms with van der Waals surface area (Å²) < 4.78 is 5.46. The van der Waals surface area contributed by atoms with Crippen molar-refractivity contribution in [3.8, 4) is 11.5 Å². The number of hydrogen-bond acceptors (Lipinski definition) is 6. The Morgan fingerprint density at radius 1 is 1.31 bits per heavy atom. The van der Waals surface area contributed by atoms with E-state index in [0.717, 1.165) is 5.76 Å². The number of rotatable bonds is 5. The van der Waals surface area contributed by atoms with Crippen LogP contribution >= 0.6 is 0 Å². The second-order valence-corrected chi connectivity index (χ2v) is 5.52. The fraction of sp³-hybridized carbons (Fsp3) is 0.118.